The Bertz CT molecular complexity index is 427. The lowest BCUT2D eigenvalue weighted by Crippen LogP contribution is -2.20. The van der Waals surface area contributed by atoms with Gasteiger partial charge in [0.2, 0.25) is 0 Å². The van der Waals surface area contributed by atoms with Gasteiger partial charge >= 0.3 is 6.09 Å². The molecule has 1 atom stereocenters. The molecule has 3 rings (SSSR count). The molecule has 4 heteroatoms. The van der Waals surface area contributed by atoms with Crippen molar-refractivity contribution in [2.24, 2.45) is 0 Å². The fourth-order valence-electron chi connectivity index (χ4n) is 2.57. The van der Waals surface area contributed by atoms with Gasteiger partial charge in [0.1, 0.15) is 6.10 Å². The van der Waals surface area contributed by atoms with Crippen LogP contribution in [0.2, 0.25) is 0 Å². The van der Waals surface area contributed by atoms with Crippen LogP contribution in [0.4, 0.5) is 10.5 Å². The van der Waals surface area contributed by atoms with Crippen LogP contribution in [0.25, 0.3) is 0 Å². The lowest BCUT2D eigenvalue weighted by Gasteiger charge is -2.23. The van der Waals surface area contributed by atoms with Gasteiger partial charge in [-0.25, -0.2) is 4.79 Å². The second-order valence-electron chi connectivity index (χ2n) is 4.53. The third kappa shape index (κ3) is 1.95. The summed E-state index contributed by atoms with van der Waals surface area (Å²) >= 11 is 0. The molecule has 1 unspecified atom stereocenters. The molecule has 2 aliphatic heterocycles. The van der Waals surface area contributed by atoms with Crippen LogP contribution in [0.5, 0.6) is 0 Å². The molecule has 90 valence electrons. The molecule has 0 bridgehead atoms. The first-order valence-corrected chi connectivity index (χ1v) is 6.13. The van der Waals surface area contributed by atoms with E-state index in [2.05, 4.69) is 22.3 Å². The van der Waals surface area contributed by atoms with Crippen LogP contribution < -0.4 is 10.2 Å². The number of nitrogens with zero attached hydrogens (tertiary/aromatic N) is 1. The average Bonchev–Trinajstić information content (AvgIpc) is 3.00. The van der Waals surface area contributed by atoms with E-state index in [0.717, 1.165) is 18.7 Å². The second-order valence-corrected chi connectivity index (χ2v) is 4.53. The van der Waals surface area contributed by atoms with E-state index in [1.165, 1.54) is 18.5 Å². The minimum Gasteiger partial charge on any atom is -0.439 e. The summed E-state index contributed by atoms with van der Waals surface area (Å²) in [6, 6.07) is 8.22. The van der Waals surface area contributed by atoms with Crippen LogP contribution in [-0.4, -0.2) is 25.7 Å². The number of anilines is 1. The number of carbonyl (C=O) groups is 1. The molecule has 0 radical (unpaired) electrons. The van der Waals surface area contributed by atoms with E-state index in [1.807, 2.05) is 12.1 Å². The molecule has 1 aromatic carbocycles. The Hall–Kier alpha value is -1.71. The highest BCUT2D eigenvalue weighted by Crippen LogP contribution is 2.32. The molecule has 4 nitrogen and oxygen atoms in total. The van der Waals surface area contributed by atoms with Crippen molar-refractivity contribution in [1.29, 1.82) is 0 Å². The maximum atomic E-state index is 11.1. The van der Waals surface area contributed by atoms with Crippen LogP contribution >= 0.6 is 0 Å². The topological polar surface area (TPSA) is 41.6 Å². The number of nitrogens with one attached hydrogen (secondary N) is 1. The van der Waals surface area contributed by atoms with Gasteiger partial charge in [-0.3, -0.25) is 0 Å². The second kappa shape index (κ2) is 4.28. The van der Waals surface area contributed by atoms with Crippen molar-refractivity contribution in [1.82, 2.24) is 5.32 Å². The van der Waals surface area contributed by atoms with E-state index in [1.54, 1.807) is 0 Å². The largest absolute Gasteiger partial charge is 0.439 e. The normalized spacial score (nSPS) is 23.6. The highest BCUT2D eigenvalue weighted by atomic mass is 16.6. The minimum absolute atomic E-state index is 0.140. The molecule has 1 N–H and O–H groups in total. The van der Waals surface area contributed by atoms with E-state index >= 15 is 0 Å². The number of rotatable bonds is 2. The lowest BCUT2D eigenvalue weighted by molar-refractivity contribution is 0.141. The van der Waals surface area contributed by atoms with E-state index in [9.17, 15) is 4.79 Å². The molecule has 2 fully saturated rings. The summed E-state index contributed by atoms with van der Waals surface area (Å²) in [6.07, 6.45) is 2.04. The number of amides is 1. The van der Waals surface area contributed by atoms with Gasteiger partial charge in [0.05, 0.1) is 6.54 Å². The summed E-state index contributed by atoms with van der Waals surface area (Å²) < 4.78 is 5.27. The van der Waals surface area contributed by atoms with E-state index in [4.69, 9.17) is 4.74 Å². The van der Waals surface area contributed by atoms with Crippen molar-refractivity contribution < 1.29 is 9.53 Å². The summed E-state index contributed by atoms with van der Waals surface area (Å²) in [5, 5.41) is 2.71. The monoisotopic (exact) mass is 232 g/mol. The number of hydrogen-bond acceptors (Lipinski definition) is 3. The Labute approximate surface area is 101 Å². The van der Waals surface area contributed by atoms with Crippen molar-refractivity contribution in [2.75, 3.05) is 24.5 Å². The smallest absolute Gasteiger partial charge is 0.407 e. The lowest BCUT2D eigenvalue weighted by atomic mass is 10.1. The van der Waals surface area contributed by atoms with Crippen molar-refractivity contribution in [2.45, 2.75) is 18.9 Å². The van der Waals surface area contributed by atoms with Gasteiger partial charge in [0.15, 0.2) is 0 Å². The number of benzene rings is 1. The third-order valence-electron chi connectivity index (χ3n) is 3.41. The molecule has 2 saturated heterocycles. The first kappa shape index (κ1) is 10.4. The maximum Gasteiger partial charge on any atom is 0.407 e. The molecule has 1 aromatic rings. The van der Waals surface area contributed by atoms with E-state index in [0.29, 0.717) is 6.54 Å². The first-order chi connectivity index (χ1) is 8.34. The molecule has 17 heavy (non-hydrogen) atoms. The number of hydrogen-bond donors (Lipinski definition) is 1. The van der Waals surface area contributed by atoms with Gasteiger partial charge in [-0.15, -0.1) is 0 Å². The van der Waals surface area contributed by atoms with Crippen LogP contribution in [0.1, 0.15) is 24.5 Å². The third-order valence-corrected chi connectivity index (χ3v) is 3.41. The zero-order chi connectivity index (χ0) is 11.7. The molecule has 2 heterocycles. The van der Waals surface area contributed by atoms with Gasteiger partial charge in [0, 0.05) is 24.3 Å². The highest BCUT2D eigenvalue weighted by Gasteiger charge is 2.28. The molecular weight excluding hydrogens is 216 g/mol. The Morgan fingerprint density at radius 1 is 1.24 bits per heavy atom. The van der Waals surface area contributed by atoms with E-state index in [-0.39, 0.29) is 12.2 Å². The van der Waals surface area contributed by atoms with Crippen LogP contribution in [0, 0.1) is 0 Å². The number of ether oxygens (including phenoxy) is 1. The van der Waals surface area contributed by atoms with Crippen LogP contribution in [0.3, 0.4) is 0 Å². The minimum atomic E-state index is -0.314. The standard InChI is InChI=1S/C13H16N2O2/c16-13-14-9-12(17-13)10-5-1-2-6-11(10)15-7-3-4-8-15/h1-2,5-6,12H,3-4,7-9H2,(H,14,16). The van der Waals surface area contributed by atoms with E-state index < -0.39 is 0 Å². The van der Waals surface area contributed by atoms with Gasteiger partial charge in [-0.05, 0) is 18.9 Å². The number of cyclic esters (lactones) is 1. The quantitative estimate of drug-likeness (QED) is 0.848. The molecule has 0 saturated carbocycles. The van der Waals surface area contributed by atoms with Crippen LogP contribution in [-0.2, 0) is 4.74 Å². The summed E-state index contributed by atoms with van der Waals surface area (Å²) in [7, 11) is 0. The Kier molecular flexibility index (Phi) is 2.63. The van der Waals surface area contributed by atoms with Crippen molar-refractivity contribution in [3.63, 3.8) is 0 Å². The zero-order valence-electron chi connectivity index (χ0n) is 9.69. The molecule has 0 aliphatic carbocycles. The summed E-state index contributed by atoms with van der Waals surface area (Å²) in [4.78, 5) is 13.5. The number of para-hydroxylation sites is 1. The predicted molar refractivity (Wildman–Crippen MR) is 65.1 cm³/mol. The summed E-state index contributed by atoms with van der Waals surface area (Å²) in [6.45, 7) is 2.78. The fraction of sp³-hybridized carbons (Fsp3) is 0.462. The van der Waals surface area contributed by atoms with Gasteiger partial charge < -0.3 is 15.0 Å². The molecular formula is C13H16N2O2. The Balaban J connectivity index is 1.90. The molecule has 2 aliphatic rings. The first-order valence-electron chi connectivity index (χ1n) is 6.13. The van der Waals surface area contributed by atoms with Gasteiger partial charge in [0.25, 0.3) is 0 Å². The number of alkyl carbamates (subject to hydrolysis) is 1. The Morgan fingerprint density at radius 3 is 2.71 bits per heavy atom. The van der Waals surface area contributed by atoms with Gasteiger partial charge in [-0.1, -0.05) is 18.2 Å². The predicted octanol–water partition coefficient (Wildman–Crippen LogP) is 2.07. The summed E-state index contributed by atoms with van der Waals surface area (Å²) in [5.41, 5.74) is 2.33. The number of carbonyl (C=O) groups excluding carboxylic acids is 1. The maximum absolute atomic E-state index is 11.1. The van der Waals surface area contributed by atoms with Gasteiger partial charge in [-0.2, -0.15) is 0 Å². The van der Waals surface area contributed by atoms with Crippen LogP contribution in [0.15, 0.2) is 24.3 Å². The van der Waals surface area contributed by atoms with Crippen molar-refractivity contribution in [3.8, 4) is 0 Å². The molecule has 0 spiro atoms. The Morgan fingerprint density at radius 2 is 2.00 bits per heavy atom. The highest BCUT2D eigenvalue weighted by molar-refractivity contribution is 5.70. The van der Waals surface area contributed by atoms with Crippen molar-refractivity contribution in [3.05, 3.63) is 29.8 Å². The SMILES string of the molecule is O=C1NCC(c2ccccc2N2CCCC2)O1. The summed E-state index contributed by atoms with van der Waals surface area (Å²) in [5.74, 6) is 0. The van der Waals surface area contributed by atoms with Crippen molar-refractivity contribution >= 4 is 11.8 Å². The molecule has 0 aromatic heterocycles. The average molecular weight is 232 g/mol. The fourth-order valence-corrected chi connectivity index (χ4v) is 2.57. The molecule has 1 amide bonds. The zero-order valence-corrected chi connectivity index (χ0v) is 9.69.